The van der Waals surface area contributed by atoms with Crippen molar-refractivity contribution in [2.24, 2.45) is 0 Å². The SMILES string of the molecule is COC(=O)Cc1ccc(C)cc1F. The van der Waals surface area contributed by atoms with Crippen LogP contribution in [0.3, 0.4) is 0 Å². The van der Waals surface area contributed by atoms with Gasteiger partial charge in [-0.25, -0.2) is 4.39 Å². The van der Waals surface area contributed by atoms with Crippen molar-refractivity contribution in [2.75, 3.05) is 7.11 Å². The number of methoxy groups -OCH3 is 1. The smallest absolute Gasteiger partial charge is 0.310 e. The van der Waals surface area contributed by atoms with Gasteiger partial charge in [0.2, 0.25) is 0 Å². The number of carbonyl (C=O) groups excluding carboxylic acids is 1. The highest BCUT2D eigenvalue weighted by molar-refractivity contribution is 5.72. The maximum Gasteiger partial charge on any atom is 0.310 e. The topological polar surface area (TPSA) is 26.3 Å². The number of benzene rings is 1. The van der Waals surface area contributed by atoms with Crippen molar-refractivity contribution in [3.63, 3.8) is 0 Å². The van der Waals surface area contributed by atoms with Crippen LogP contribution < -0.4 is 0 Å². The molecule has 0 N–H and O–H groups in total. The molecule has 0 aliphatic carbocycles. The summed E-state index contributed by atoms with van der Waals surface area (Å²) >= 11 is 0. The first-order valence-electron chi connectivity index (χ1n) is 3.95. The van der Waals surface area contributed by atoms with E-state index in [0.29, 0.717) is 5.56 Å². The standard InChI is InChI=1S/C10H11FO2/c1-7-3-4-8(9(11)5-7)6-10(12)13-2/h3-5H,6H2,1-2H3. The van der Waals surface area contributed by atoms with Crippen LogP contribution in [-0.4, -0.2) is 13.1 Å². The first-order valence-corrected chi connectivity index (χ1v) is 3.95. The highest BCUT2D eigenvalue weighted by Gasteiger charge is 2.07. The van der Waals surface area contributed by atoms with E-state index in [1.807, 2.05) is 0 Å². The molecule has 70 valence electrons. The van der Waals surface area contributed by atoms with Gasteiger partial charge in [0.05, 0.1) is 13.5 Å². The van der Waals surface area contributed by atoms with E-state index in [0.717, 1.165) is 5.56 Å². The molecule has 1 rings (SSSR count). The molecule has 13 heavy (non-hydrogen) atoms. The van der Waals surface area contributed by atoms with Gasteiger partial charge in [-0.3, -0.25) is 4.79 Å². The number of carbonyl (C=O) groups is 1. The first kappa shape index (κ1) is 9.71. The average molecular weight is 182 g/mol. The third kappa shape index (κ3) is 2.54. The van der Waals surface area contributed by atoms with E-state index in [-0.39, 0.29) is 12.2 Å². The molecule has 0 aliphatic heterocycles. The fourth-order valence-electron chi connectivity index (χ4n) is 1.02. The van der Waals surface area contributed by atoms with Gasteiger partial charge in [-0.2, -0.15) is 0 Å². The van der Waals surface area contributed by atoms with Crippen molar-refractivity contribution >= 4 is 5.97 Å². The van der Waals surface area contributed by atoms with Crippen molar-refractivity contribution < 1.29 is 13.9 Å². The fourth-order valence-corrected chi connectivity index (χ4v) is 1.02. The number of halogens is 1. The van der Waals surface area contributed by atoms with Crippen LogP contribution in [0.4, 0.5) is 4.39 Å². The molecular weight excluding hydrogens is 171 g/mol. The zero-order valence-electron chi connectivity index (χ0n) is 7.63. The summed E-state index contributed by atoms with van der Waals surface area (Å²) in [4.78, 5) is 10.8. The molecule has 3 heteroatoms. The fraction of sp³-hybridized carbons (Fsp3) is 0.300. The predicted octanol–water partition coefficient (Wildman–Crippen LogP) is 1.85. The molecule has 0 spiro atoms. The van der Waals surface area contributed by atoms with Crippen molar-refractivity contribution in [1.29, 1.82) is 0 Å². The van der Waals surface area contributed by atoms with Crippen molar-refractivity contribution in [1.82, 2.24) is 0 Å². The van der Waals surface area contributed by atoms with Gasteiger partial charge in [-0.1, -0.05) is 12.1 Å². The summed E-state index contributed by atoms with van der Waals surface area (Å²) in [5.74, 6) is -0.784. The van der Waals surface area contributed by atoms with Crippen molar-refractivity contribution in [2.45, 2.75) is 13.3 Å². The minimum Gasteiger partial charge on any atom is -0.469 e. The van der Waals surface area contributed by atoms with E-state index in [9.17, 15) is 9.18 Å². The Balaban J connectivity index is 2.83. The van der Waals surface area contributed by atoms with E-state index < -0.39 is 5.97 Å². The molecule has 1 aromatic rings. The lowest BCUT2D eigenvalue weighted by atomic mass is 10.1. The average Bonchev–Trinajstić information content (AvgIpc) is 2.09. The van der Waals surface area contributed by atoms with E-state index in [4.69, 9.17) is 0 Å². The van der Waals surface area contributed by atoms with Crippen LogP contribution in [0.15, 0.2) is 18.2 Å². The zero-order chi connectivity index (χ0) is 9.84. The number of hydrogen-bond donors (Lipinski definition) is 0. The third-order valence-electron chi connectivity index (χ3n) is 1.77. The van der Waals surface area contributed by atoms with Crippen LogP contribution in [0.5, 0.6) is 0 Å². The molecule has 0 saturated heterocycles. The first-order chi connectivity index (χ1) is 6.13. The Morgan fingerprint density at radius 3 is 2.77 bits per heavy atom. The van der Waals surface area contributed by atoms with Gasteiger partial charge in [0.15, 0.2) is 0 Å². The minimum absolute atomic E-state index is 0.0113. The van der Waals surface area contributed by atoms with Gasteiger partial charge < -0.3 is 4.74 Å². The summed E-state index contributed by atoms with van der Waals surface area (Å²) in [6.45, 7) is 1.80. The Morgan fingerprint density at radius 2 is 2.23 bits per heavy atom. The monoisotopic (exact) mass is 182 g/mol. The Morgan fingerprint density at radius 1 is 1.54 bits per heavy atom. The largest absolute Gasteiger partial charge is 0.469 e. The van der Waals surface area contributed by atoms with E-state index in [1.165, 1.54) is 13.2 Å². The van der Waals surface area contributed by atoms with Crippen molar-refractivity contribution in [3.05, 3.63) is 35.1 Å². The molecule has 0 fully saturated rings. The molecule has 0 bridgehead atoms. The molecule has 0 heterocycles. The Bertz CT molecular complexity index is 321. The molecule has 0 amide bonds. The normalized spacial score (nSPS) is 9.77. The Hall–Kier alpha value is -1.38. The highest BCUT2D eigenvalue weighted by Crippen LogP contribution is 2.10. The van der Waals surface area contributed by atoms with Crippen LogP contribution in [0, 0.1) is 12.7 Å². The van der Waals surface area contributed by atoms with Crippen LogP contribution in [0.1, 0.15) is 11.1 Å². The second-order valence-electron chi connectivity index (χ2n) is 2.85. The second-order valence-corrected chi connectivity index (χ2v) is 2.85. The Kier molecular flexibility index (Phi) is 3.01. The number of aryl methyl sites for hydroxylation is 1. The summed E-state index contributed by atoms with van der Waals surface area (Å²) in [6.07, 6.45) is -0.0113. The number of esters is 1. The summed E-state index contributed by atoms with van der Waals surface area (Å²) in [6, 6.07) is 4.77. The molecule has 0 atom stereocenters. The third-order valence-corrected chi connectivity index (χ3v) is 1.77. The summed E-state index contributed by atoms with van der Waals surface area (Å²) in [5, 5.41) is 0. The quantitative estimate of drug-likeness (QED) is 0.652. The van der Waals surface area contributed by atoms with E-state index in [1.54, 1.807) is 19.1 Å². The molecule has 2 nitrogen and oxygen atoms in total. The van der Waals surface area contributed by atoms with Gasteiger partial charge >= 0.3 is 5.97 Å². The predicted molar refractivity (Wildman–Crippen MR) is 46.9 cm³/mol. The number of rotatable bonds is 2. The molecule has 0 saturated carbocycles. The molecule has 0 aromatic heterocycles. The Labute approximate surface area is 76.3 Å². The lowest BCUT2D eigenvalue weighted by Crippen LogP contribution is -2.06. The van der Waals surface area contributed by atoms with Gasteiger partial charge in [0, 0.05) is 0 Å². The summed E-state index contributed by atoms with van der Waals surface area (Å²) in [7, 11) is 1.29. The molecular formula is C10H11FO2. The second kappa shape index (κ2) is 4.03. The summed E-state index contributed by atoms with van der Waals surface area (Å²) < 4.78 is 17.6. The molecule has 0 aliphatic rings. The molecule has 0 radical (unpaired) electrons. The van der Waals surface area contributed by atoms with Crippen LogP contribution in [-0.2, 0) is 16.0 Å². The van der Waals surface area contributed by atoms with E-state index >= 15 is 0 Å². The number of ether oxygens (including phenoxy) is 1. The lowest BCUT2D eigenvalue weighted by molar-refractivity contribution is -0.139. The van der Waals surface area contributed by atoms with Crippen LogP contribution >= 0.6 is 0 Å². The minimum atomic E-state index is -0.428. The van der Waals surface area contributed by atoms with Gasteiger partial charge in [-0.05, 0) is 24.1 Å². The van der Waals surface area contributed by atoms with Gasteiger partial charge in [-0.15, -0.1) is 0 Å². The maximum atomic E-state index is 13.1. The zero-order valence-corrected chi connectivity index (χ0v) is 7.63. The van der Waals surface area contributed by atoms with Crippen LogP contribution in [0.25, 0.3) is 0 Å². The van der Waals surface area contributed by atoms with E-state index in [2.05, 4.69) is 4.74 Å². The highest BCUT2D eigenvalue weighted by atomic mass is 19.1. The molecule has 0 unspecified atom stereocenters. The summed E-state index contributed by atoms with van der Waals surface area (Å²) in [5.41, 5.74) is 1.21. The lowest BCUT2D eigenvalue weighted by Gasteiger charge is -2.02. The van der Waals surface area contributed by atoms with Gasteiger partial charge in [0.25, 0.3) is 0 Å². The van der Waals surface area contributed by atoms with Crippen molar-refractivity contribution in [3.8, 4) is 0 Å². The maximum absolute atomic E-state index is 13.1. The molecule has 1 aromatic carbocycles. The number of hydrogen-bond acceptors (Lipinski definition) is 2. The van der Waals surface area contributed by atoms with Gasteiger partial charge in [0.1, 0.15) is 5.82 Å². The van der Waals surface area contributed by atoms with Crippen LogP contribution in [0.2, 0.25) is 0 Å².